The van der Waals surface area contributed by atoms with E-state index in [9.17, 15) is 0 Å². The predicted octanol–water partition coefficient (Wildman–Crippen LogP) is 2.37. The van der Waals surface area contributed by atoms with E-state index < -0.39 is 0 Å². The van der Waals surface area contributed by atoms with Crippen molar-refractivity contribution in [2.75, 3.05) is 13.2 Å². The van der Waals surface area contributed by atoms with Crippen LogP contribution in [0.1, 0.15) is 12.0 Å². The van der Waals surface area contributed by atoms with Gasteiger partial charge in [0.05, 0.1) is 23.8 Å². The first-order valence-electron chi connectivity index (χ1n) is 4.30. The van der Waals surface area contributed by atoms with Gasteiger partial charge >= 0.3 is 0 Å². The van der Waals surface area contributed by atoms with Crippen molar-refractivity contribution in [3.8, 4) is 17.6 Å². The molecule has 72 valence electrons. The van der Waals surface area contributed by atoms with Gasteiger partial charge in [0.25, 0.3) is 0 Å². The maximum Gasteiger partial charge on any atom is 0.162 e. The maximum atomic E-state index is 8.76. The zero-order valence-electron chi connectivity index (χ0n) is 7.42. The van der Waals surface area contributed by atoms with Crippen LogP contribution >= 0.6 is 11.6 Å². The summed E-state index contributed by atoms with van der Waals surface area (Å²) in [6, 6.07) is 5.24. The van der Waals surface area contributed by atoms with E-state index in [2.05, 4.69) is 0 Å². The Hall–Kier alpha value is -1.40. The third-order valence-electron chi connectivity index (χ3n) is 1.96. The molecule has 1 heterocycles. The predicted molar refractivity (Wildman–Crippen MR) is 51.8 cm³/mol. The summed E-state index contributed by atoms with van der Waals surface area (Å²) >= 11 is 5.86. The van der Waals surface area contributed by atoms with Crippen molar-refractivity contribution in [2.45, 2.75) is 6.42 Å². The van der Waals surface area contributed by atoms with E-state index in [-0.39, 0.29) is 0 Å². The number of fused-ring (bicyclic) bond motifs is 1. The lowest BCUT2D eigenvalue weighted by Crippen LogP contribution is -1.97. The Morgan fingerprint density at radius 3 is 2.50 bits per heavy atom. The minimum atomic E-state index is 0.400. The van der Waals surface area contributed by atoms with Crippen LogP contribution < -0.4 is 9.47 Å². The number of hydrogen-bond acceptors (Lipinski definition) is 3. The van der Waals surface area contributed by atoms with Crippen LogP contribution in [0.4, 0.5) is 0 Å². The van der Waals surface area contributed by atoms with Gasteiger partial charge in [-0.1, -0.05) is 11.6 Å². The molecule has 0 radical (unpaired) electrons. The smallest absolute Gasteiger partial charge is 0.162 e. The molecule has 0 amide bonds. The fraction of sp³-hybridized carbons (Fsp3) is 0.300. The van der Waals surface area contributed by atoms with Gasteiger partial charge < -0.3 is 9.47 Å². The van der Waals surface area contributed by atoms with Crippen LogP contribution in [0.15, 0.2) is 12.1 Å². The Labute approximate surface area is 86.8 Å². The van der Waals surface area contributed by atoms with Crippen molar-refractivity contribution in [1.82, 2.24) is 0 Å². The Balaban J connectivity index is 2.47. The lowest BCUT2D eigenvalue weighted by atomic mass is 10.2. The molecule has 4 heteroatoms. The molecule has 0 atom stereocenters. The Morgan fingerprint density at radius 2 is 1.86 bits per heavy atom. The number of rotatable bonds is 0. The largest absolute Gasteiger partial charge is 0.490 e. The Morgan fingerprint density at radius 1 is 1.21 bits per heavy atom. The first-order valence-corrected chi connectivity index (χ1v) is 4.68. The van der Waals surface area contributed by atoms with Crippen molar-refractivity contribution in [1.29, 1.82) is 5.26 Å². The first kappa shape index (κ1) is 9.17. The van der Waals surface area contributed by atoms with Gasteiger partial charge in [-0.15, -0.1) is 0 Å². The van der Waals surface area contributed by atoms with Crippen LogP contribution in [0.2, 0.25) is 5.02 Å². The molecule has 0 saturated carbocycles. The fourth-order valence-electron chi connectivity index (χ4n) is 1.27. The number of nitrogens with zero attached hydrogens (tertiary/aromatic N) is 1. The van der Waals surface area contributed by atoms with Crippen LogP contribution in [-0.4, -0.2) is 13.2 Å². The van der Waals surface area contributed by atoms with E-state index >= 15 is 0 Å². The second-order valence-corrected chi connectivity index (χ2v) is 3.35. The van der Waals surface area contributed by atoms with Crippen LogP contribution in [0.5, 0.6) is 11.5 Å². The molecule has 0 fully saturated rings. The maximum absolute atomic E-state index is 8.76. The average molecular weight is 210 g/mol. The zero-order chi connectivity index (χ0) is 9.97. The molecular formula is C10H8ClNO2. The van der Waals surface area contributed by atoms with Gasteiger partial charge in [0.15, 0.2) is 11.5 Å². The Kier molecular flexibility index (Phi) is 2.47. The summed E-state index contributed by atoms with van der Waals surface area (Å²) in [5.74, 6) is 1.22. The molecule has 0 aliphatic carbocycles. The summed E-state index contributed by atoms with van der Waals surface area (Å²) in [4.78, 5) is 0. The zero-order valence-corrected chi connectivity index (χ0v) is 8.17. The normalized spacial score (nSPS) is 14.3. The van der Waals surface area contributed by atoms with E-state index in [1.807, 2.05) is 6.07 Å². The van der Waals surface area contributed by atoms with Crippen LogP contribution in [-0.2, 0) is 0 Å². The molecule has 0 saturated heterocycles. The molecule has 0 aromatic heterocycles. The van der Waals surface area contributed by atoms with Gasteiger partial charge in [0.1, 0.15) is 6.07 Å². The summed E-state index contributed by atoms with van der Waals surface area (Å²) in [5.41, 5.74) is 0.413. The third-order valence-corrected chi connectivity index (χ3v) is 2.27. The molecule has 2 rings (SSSR count). The van der Waals surface area contributed by atoms with E-state index in [0.29, 0.717) is 35.3 Å². The van der Waals surface area contributed by atoms with Gasteiger partial charge in [0.2, 0.25) is 0 Å². The van der Waals surface area contributed by atoms with Crippen LogP contribution in [0, 0.1) is 11.3 Å². The molecule has 1 aromatic carbocycles. The van der Waals surface area contributed by atoms with E-state index in [1.165, 1.54) is 0 Å². The number of nitriles is 1. The van der Waals surface area contributed by atoms with Crippen LogP contribution in [0.3, 0.4) is 0 Å². The topological polar surface area (TPSA) is 42.2 Å². The summed E-state index contributed by atoms with van der Waals surface area (Å²) in [5, 5.41) is 9.16. The molecule has 0 unspecified atom stereocenters. The average Bonchev–Trinajstić information content (AvgIpc) is 2.41. The highest BCUT2D eigenvalue weighted by atomic mass is 35.5. The molecule has 14 heavy (non-hydrogen) atoms. The van der Waals surface area contributed by atoms with Gasteiger partial charge in [-0.25, -0.2) is 0 Å². The highest BCUT2D eigenvalue weighted by Gasteiger charge is 2.13. The number of benzene rings is 1. The summed E-state index contributed by atoms with van der Waals surface area (Å²) in [6.45, 7) is 1.23. The van der Waals surface area contributed by atoms with E-state index in [1.54, 1.807) is 12.1 Å². The molecule has 1 aromatic rings. The van der Waals surface area contributed by atoms with E-state index in [0.717, 1.165) is 6.42 Å². The van der Waals surface area contributed by atoms with Crippen molar-refractivity contribution >= 4 is 11.6 Å². The van der Waals surface area contributed by atoms with Gasteiger partial charge in [0, 0.05) is 18.6 Å². The quantitative estimate of drug-likeness (QED) is 0.659. The van der Waals surface area contributed by atoms with E-state index in [4.69, 9.17) is 26.3 Å². The van der Waals surface area contributed by atoms with Crippen molar-refractivity contribution in [3.63, 3.8) is 0 Å². The number of hydrogen-bond donors (Lipinski definition) is 0. The standard InChI is InChI=1S/C10H8ClNO2/c11-8-5-10-9(4-7(8)6-12)13-2-1-3-14-10/h4-5H,1-3H2. The molecule has 1 aliphatic rings. The van der Waals surface area contributed by atoms with Crippen LogP contribution in [0.25, 0.3) is 0 Å². The second-order valence-electron chi connectivity index (χ2n) is 2.94. The summed E-state index contributed by atoms with van der Waals surface area (Å²) in [7, 11) is 0. The summed E-state index contributed by atoms with van der Waals surface area (Å²) < 4.78 is 10.8. The van der Waals surface area contributed by atoms with Gasteiger partial charge in [-0.2, -0.15) is 5.26 Å². The SMILES string of the molecule is N#Cc1cc2c(cc1Cl)OCCCO2. The van der Waals surface area contributed by atoms with Crippen molar-refractivity contribution in [3.05, 3.63) is 22.7 Å². The molecule has 0 N–H and O–H groups in total. The number of halogens is 1. The van der Waals surface area contributed by atoms with Gasteiger partial charge in [-0.3, -0.25) is 0 Å². The lowest BCUT2D eigenvalue weighted by Gasteiger charge is -2.07. The number of ether oxygens (including phenoxy) is 2. The van der Waals surface area contributed by atoms with Crippen molar-refractivity contribution < 1.29 is 9.47 Å². The molecular weight excluding hydrogens is 202 g/mol. The summed E-state index contributed by atoms with van der Waals surface area (Å²) in [6.07, 6.45) is 0.841. The van der Waals surface area contributed by atoms with Gasteiger partial charge in [-0.05, 0) is 0 Å². The molecule has 3 nitrogen and oxygen atoms in total. The Bertz CT molecular complexity index is 398. The molecule has 0 spiro atoms. The monoisotopic (exact) mass is 209 g/mol. The first-order chi connectivity index (χ1) is 6.81. The second kappa shape index (κ2) is 3.77. The highest BCUT2D eigenvalue weighted by molar-refractivity contribution is 6.31. The van der Waals surface area contributed by atoms with Crippen molar-refractivity contribution in [2.24, 2.45) is 0 Å². The highest BCUT2D eigenvalue weighted by Crippen LogP contribution is 2.34. The fourth-order valence-corrected chi connectivity index (χ4v) is 1.47. The molecule has 0 bridgehead atoms. The minimum absolute atomic E-state index is 0.400. The minimum Gasteiger partial charge on any atom is -0.490 e. The lowest BCUT2D eigenvalue weighted by molar-refractivity contribution is 0.297. The molecule has 1 aliphatic heterocycles. The third kappa shape index (κ3) is 1.61.